The second-order valence-electron chi connectivity index (χ2n) is 8.05. The fraction of sp³-hybridized carbons (Fsp3) is 0.292. The summed E-state index contributed by atoms with van der Waals surface area (Å²) in [5.41, 5.74) is 0.482. The molecule has 0 saturated heterocycles. The quantitative estimate of drug-likeness (QED) is 0.427. The highest BCUT2D eigenvalue weighted by molar-refractivity contribution is 5.83. The standard InChI is InChI=1S/C24H26N4O6/c1-27(2)24(33)34-17-6-4-16(5-7-17)14-18(23(31)32)26-19-20(22(30)21(19)29)28(3)13-10-15-8-11-25-12-9-15/h4-9,11-12,18,26H,10,13-14H2,1-3H3,(H,31,32). The van der Waals surface area contributed by atoms with Crippen molar-refractivity contribution in [1.82, 2.24) is 9.88 Å². The number of amides is 1. The Kier molecular flexibility index (Phi) is 7.62. The van der Waals surface area contributed by atoms with Crippen LogP contribution in [-0.4, -0.2) is 60.8 Å². The number of likely N-dealkylation sites (N-methyl/N-ethyl adjacent to an activating group) is 1. The molecule has 2 N–H and O–H groups in total. The smallest absolute Gasteiger partial charge is 0.414 e. The first-order valence-electron chi connectivity index (χ1n) is 10.6. The predicted octanol–water partition coefficient (Wildman–Crippen LogP) is 1.52. The van der Waals surface area contributed by atoms with E-state index in [1.54, 1.807) is 62.7 Å². The molecule has 1 heterocycles. The van der Waals surface area contributed by atoms with Gasteiger partial charge in [-0.05, 0) is 41.8 Å². The number of carboxylic acids is 1. The molecule has 0 spiro atoms. The van der Waals surface area contributed by atoms with Gasteiger partial charge in [0.2, 0.25) is 0 Å². The molecule has 0 saturated carbocycles. The van der Waals surface area contributed by atoms with E-state index in [0.717, 1.165) is 5.56 Å². The number of hydrogen-bond acceptors (Lipinski definition) is 8. The van der Waals surface area contributed by atoms with E-state index in [1.165, 1.54) is 4.90 Å². The van der Waals surface area contributed by atoms with Crippen LogP contribution < -0.4 is 25.8 Å². The summed E-state index contributed by atoms with van der Waals surface area (Å²) >= 11 is 0. The molecule has 1 amide bonds. The van der Waals surface area contributed by atoms with Crippen LogP contribution in [0.3, 0.4) is 0 Å². The third-order valence-electron chi connectivity index (χ3n) is 5.30. The van der Waals surface area contributed by atoms with Crippen molar-refractivity contribution >= 4 is 23.4 Å². The number of rotatable bonds is 10. The van der Waals surface area contributed by atoms with E-state index in [2.05, 4.69) is 10.3 Å². The Hall–Kier alpha value is -4.21. The van der Waals surface area contributed by atoms with E-state index in [1.807, 2.05) is 12.1 Å². The third-order valence-corrected chi connectivity index (χ3v) is 5.30. The molecule has 34 heavy (non-hydrogen) atoms. The fourth-order valence-corrected chi connectivity index (χ4v) is 3.33. The van der Waals surface area contributed by atoms with Crippen LogP contribution in [0.2, 0.25) is 0 Å². The van der Waals surface area contributed by atoms with E-state index < -0.39 is 29.0 Å². The number of carbonyl (C=O) groups is 2. The topological polar surface area (TPSA) is 129 Å². The van der Waals surface area contributed by atoms with Gasteiger partial charge in [-0.3, -0.25) is 14.6 Å². The Labute approximate surface area is 196 Å². The van der Waals surface area contributed by atoms with Crippen LogP contribution in [-0.2, 0) is 17.6 Å². The Balaban J connectivity index is 1.68. The van der Waals surface area contributed by atoms with Crippen molar-refractivity contribution in [1.29, 1.82) is 0 Å². The van der Waals surface area contributed by atoms with Gasteiger partial charge in [-0.15, -0.1) is 0 Å². The van der Waals surface area contributed by atoms with Crippen molar-refractivity contribution in [3.63, 3.8) is 0 Å². The molecular weight excluding hydrogens is 440 g/mol. The number of aromatic nitrogens is 1. The molecule has 0 bridgehead atoms. The molecule has 0 aliphatic carbocycles. The minimum atomic E-state index is -1.17. The van der Waals surface area contributed by atoms with E-state index in [-0.39, 0.29) is 17.8 Å². The van der Waals surface area contributed by atoms with Crippen LogP contribution >= 0.6 is 0 Å². The monoisotopic (exact) mass is 466 g/mol. The van der Waals surface area contributed by atoms with Crippen LogP contribution in [0.1, 0.15) is 11.1 Å². The molecule has 178 valence electrons. The molecule has 10 heteroatoms. The summed E-state index contributed by atoms with van der Waals surface area (Å²) in [5.74, 6) is -0.843. The number of anilines is 2. The third kappa shape index (κ3) is 5.77. The molecule has 1 atom stereocenters. The van der Waals surface area contributed by atoms with Crippen molar-refractivity contribution in [3.8, 4) is 5.75 Å². The summed E-state index contributed by atoms with van der Waals surface area (Å²) in [6, 6.07) is 8.99. The lowest BCUT2D eigenvalue weighted by atomic mass is 10.0. The Morgan fingerprint density at radius 1 is 1.00 bits per heavy atom. The van der Waals surface area contributed by atoms with Crippen LogP contribution in [0.4, 0.5) is 16.2 Å². The maximum atomic E-state index is 12.2. The number of nitrogens with one attached hydrogen (secondary N) is 1. The van der Waals surface area contributed by atoms with Crippen molar-refractivity contribution in [2.45, 2.75) is 18.9 Å². The van der Waals surface area contributed by atoms with Gasteiger partial charge in [0.15, 0.2) is 0 Å². The number of ether oxygens (including phenoxy) is 1. The second-order valence-corrected chi connectivity index (χ2v) is 8.05. The maximum absolute atomic E-state index is 12.2. The lowest BCUT2D eigenvalue weighted by molar-refractivity contribution is -0.137. The molecule has 0 aliphatic rings. The number of carboxylic acid groups (broad SMARTS) is 1. The molecule has 1 aromatic heterocycles. The molecule has 2 aromatic carbocycles. The van der Waals surface area contributed by atoms with E-state index in [4.69, 9.17) is 4.74 Å². The van der Waals surface area contributed by atoms with Crippen molar-refractivity contribution in [2.75, 3.05) is 37.9 Å². The molecule has 3 rings (SSSR count). The zero-order valence-corrected chi connectivity index (χ0v) is 19.1. The zero-order valence-electron chi connectivity index (χ0n) is 19.1. The number of hydrogen-bond donors (Lipinski definition) is 2. The Bertz CT molecular complexity index is 1220. The summed E-state index contributed by atoms with van der Waals surface area (Å²) in [6.45, 7) is 0.467. The lowest BCUT2D eigenvalue weighted by Crippen LogP contribution is -2.45. The molecule has 0 aliphatic heterocycles. The van der Waals surface area contributed by atoms with Gasteiger partial charge in [-0.2, -0.15) is 0 Å². The van der Waals surface area contributed by atoms with Crippen molar-refractivity contribution in [2.24, 2.45) is 0 Å². The summed E-state index contributed by atoms with van der Waals surface area (Å²) in [5, 5.41) is 12.4. The summed E-state index contributed by atoms with van der Waals surface area (Å²) in [7, 11) is 4.81. The highest BCUT2D eigenvalue weighted by Gasteiger charge is 2.28. The molecule has 1 unspecified atom stereocenters. The van der Waals surface area contributed by atoms with Gasteiger partial charge in [-0.25, -0.2) is 9.59 Å². The number of benzene rings is 1. The predicted molar refractivity (Wildman–Crippen MR) is 127 cm³/mol. The Morgan fingerprint density at radius 3 is 2.24 bits per heavy atom. The molecule has 0 radical (unpaired) electrons. The first-order chi connectivity index (χ1) is 16.2. The van der Waals surface area contributed by atoms with E-state index in [0.29, 0.717) is 24.3 Å². The maximum Gasteiger partial charge on any atom is 0.414 e. The van der Waals surface area contributed by atoms with Gasteiger partial charge in [0.1, 0.15) is 23.2 Å². The number of nitrogens with zero attached hydrogens (tertiary/aromatic N) is 3. The van der Waals surface area contributed by atoms with Crippen LogP contribution in [0.15, 0.2) is 58.4 Å². The average molecular weight is 466 g/mol. The second kappa shape index (κ2) is 10.6. The first-order valence-corrected chi connectivity index (χ1v) is 10.6. The largest absolute Gasteiger partial charge is 0.480 e. The van der Waals surface area contributed by atoms with Gasteiger partial charge in [0.05, 0.1) is 0 Å². The first kappa shape index (κ1) is 24.4. The van der Waals surface area contributed by atoms with Crippen LogP contribution in [0.5, 0.6) is 5.75 Å². The minimum absolute atomic E-state index is 0.00571. The molecule has 0 fully saturated rings. The molecule has 3 aromatic rings. The summed E-state index contributed by atoms with van der Waals surface area (Å²) in [6.07, 6.45) is 3.50. The van der Waals surface area contributed by atoms with Crippen LogP contribution in [0.25, 0.3) is 0 Å². The van der Waals surface area contributed by atoms with Gasteiger partial charge >= 0.3 is 12.1 Å². The minimum Gasteiger partial charge on any atom is -0.480 e. The van der Waals surface area contributed by atoms with Crippen LogP contribution in [0, 0.1) is 0 Å². The summed E-state index contributed by atoms with van der Waals surface area (Å²) < 4.78 is 5.15. The lowest BCUT2D eigenvalue weighted by Gasteiger charge is -2.25. The summed E-state index contributed by atoms with van der Waals surface area (Å²) in [4.78, 5) is 54.8. The highest BCUT2D eigenvalue weighted by Crippen LogP contribution is 2.22. The van der Waals surface area contributed by atoms with E-state index >= 15 is 0 Å². The van der Waals surface area contributed by atoms with Crippen molar-refractivity contribution < 1.29 is 19.4 Å². The molecule has 10 nitrogen and oxygen atoms in total. The molecular formula is C24H26N4O6. The van der Waals surface area contributed by atoms with Gasteiger partial charge in [-0.1, -0.05) is 12.1 Å². The SMILES string of the molecule is CN(C)C(=O)Oc1ccc(CC(Nc2c(N(C)CCc3ccncc3)c(=O)c2=O)C(=O)O)cc1. The normalized spacial score (nSPS) is 11.6. The van der Waals surface area contributed by atoms with E-state index in [9.17, 15) is 24.3 Å². The van der Waals surface area contributed by atoms with Gasteiger partial charge in [0.25, 0.3) is 10.9 Å². The number of aliphatic carboxylic acids is 1. The Morgan fingerprint density at radius 2 is 1.65 bits per heavy atom. The van der Waals surface area contributed by atoms with Crippen molar-refractivity contribution in [3.05, 3.63) is 80.4 Å². The average Bonchev–Trinajstić information content (AvgIpc) is 2.82. The van der Waals surface area contributed by atoms with Gasteiger partial charge in [0, 0.05) is 46.5 Å². The number of carbonyl (C=O) groups excluding carboxylic acids is 1. The van der Waals surface area contributed by atoms with Gasteiger partial charge < -0.3 is 25.0 Å². The number of pyridine rings is 1. The fourth-order valence-electron chi connectivity index (χ4n) is 3.33. The zero-order chi connectivity index (χ0) is 24.8. The highest BCUT2D eigenvalue weighted by atomic mass is 16.6.